The van der Waals surface area contributed by atoms with Crippen LogP contribution in [0.1, 0.15) is 0 Å². The zero-order valence-corrected chi connectivity index (χ0v) is 38.3. The van der Waals surface area contributed by atoms with Crippen LogP contribution < -0.4 is 0 Å². The zero-order chi connectivity index (χ0) is 47.3. The second-order valence-electron chi connectivity index (χ2n) is 18.0. The van der Waals surface area contributed by atoms with Crippen LogP contribution in [-0.2, 0) is 0 Å². The minimum absolute atomic E-state index is 0.700. The summed E-state index contributed by atoms with van der Waals surface area (Å²) in [5.74, 6) is 0. The minimum Gasteiger partial charge on any atom is -0.309 e. The normalized spacial score (nSPS) is 11.9. The highest BCUT2D eigenvalue weighted by Crippen LogP contribution is 2.45. The topological polar surface area (TPSA) is 113 Å². The Hall–Kier alpha value is -10.1. The molecule has 0 aliphatic rings. The van der Waals surface area contributed by atoms with Crippen LogP contribution in [0.25, 0.3) is 144 Å². The van der Waals surface area contributed by atoms with E-state index in [2.05, 4.69) is 195 Å². The molecule has 0 spiro atoms. The predicted octanol–water partition coefficient (Wildman–Crippen LogP) is 14.3. The number of para-hydroxylation sites is 2. The Morgan fingerprint density at radius 3 is 0.861 bits per heavy atom. The molecule has 0 radical (unpaired) electrons. The fourth-order valence-corrected chi connectivity index (χ4v) is 11.1. The van der Waals surface area contributed by atoms with Crippen molar-refractivity contribution in [3.63, 3.8) is 0 Å². The Morgan fingerprint density at radius 1 is 0.236 bits per heavy atom. The van der Waals surface area contributed by atoms with Crippen molar-refractivity contribution < 1.29 is 0 Å². The van der Waals surface area contributed by atoms with Crippen molar-refractivity contribution in [3.05, 3.63) is 219 Å². The fraction of sp³-hybridized carbons (Fsp3) is 0. The van der Waals surface area contributed by atoms with E-state index in [1.54, 1.807) is 24.8 Å². The molecule has 5 aromatic carbocycles. The lowest BCUT2D eigenvalue weighted by molar-refractivity contribution is 1.17. The van der Waals surface area contributed by atoms with Crippen molar-refractivity contribution in [2.45, 2.75) is 0 Å². The molecule has 0 fully saturated rings. The second-order valence-corrected chi connectivity index (χ2v) is 18.0. The summed E-state index contributed by atoms with van der Waals surface area (Å²) in [4.78, 5) is 37.1. The molecule has 0 amide bonds. The van der Waals surface area contributed by atoms with E-state index in [4.69, 9.17) is 0 Å². The van der Waals surface area contributed by atoms with Gasteiger partial charge in [-0.1, -0.05) is 36.4 Å². The third-order valence-electron chi connectivity index (χ3n) is 14.1. The standard InChI is InChI=1S/C62H36N10/c1-3-15-53-51(9-1)57-55(71(53)41-33-37(43-19-27-67-59-47(43)11-5-23-63-59)31-38(34-41)44-20-28-68-60-48(44)12-6-24-64-60)17-18-56-58(57)52-10-2-4-16-54(52)72(56)42-35-39(45-21-29-69-61-49(45)13-7-25-65-61)32-40(36-42)46-22-30-70-62-50(46)14-8-26-66-62/h1-36H. The molecule has 10 aromatic heterocycles. The van der Waals surface area contributed by atoms with Crippen LogP contribution >= 0.6 is 0 Å². The Bertz CT molecular complexity index is 4210. The molecule has 15 aromatic rings. The summed E-state index contributed by atoms with van der Waals surface area (Å²) in [6.45, 7) is 0. The highest BCUT2D eigenvalue weighted by atomic mass is 15.0. The molecule has 0 saturated carbocycles. The fourth-order valence-electron chi connectivity index (χ4n) is 11.1. The lowest BCUT2D eigenvalue weighted by Crippen LogP contribution is -1.98. The van der Waals surface area contributed by atoms with E-state index in [0.29, 0.717) is 22.6 Å². The molecule has 10 nitrogen and oxygen atoms in total. The maximum atomic E-state index is 4.64. The molecule has 0 aliphatic carbocycles. The van der Waals surface area contributed by atoms with Crippen LogP contribution in [0.5, 0.6) is 0 Å². The summed E-state index contributed by atoms with van der Waals surface area (Å²) >= 11 is 0. The molecule has 0 unspecified atom stereocenters. The molecule has 0 N–H and O–H groups in total. The van der Waals surface area contributed by atoms with E-state index < -0.39 is 0 Å². The van der Waals surface area contributed by atoms with Gasteiger partial charge in [-0.25, -0.2) is 39.9 Å². The SMILES string of the molecule is c1cnc2nccc(-c3cc(-c4ccnc5ncccc45)cc(-n4c5ccccc5c5c6c7ccccc7n(-c7cc(-c8ccnc9ncccc89)cc(-c8ccnc9ncccc89)c7)c6ccc54)c3)c2c1. The summed E-state index contributed by atoms with van der Waals surface area (Å²) in [7, 11) is 0. The smallest absolute Gasteiger partial charge is 0.159 e. The molecule has 15 rings (SSSR count). The van der Waals surface area contributed by atoms with Crippen LogP contribution in [0.3, 0.4) is 0 Å². The van der Waals surface area contributed by atoms with E-state index in [9.17, 15) is 0 Å². The van der Waals surface area contributed by atoms with Crippen molar-refractivity contribution >= 4 is 87.7 Å². The van der Waals surface area contributed by atoms with Gasteiger partial charge in [-0.05, 0) is 178 Å². The molecular weight excluding hydrogens is 885 g/mol. The number of aromatic nitrogens is 10. The van der Waals surface area contributed by atoms with Crippen molar-refractivity contribution in [2.24, 2.45) is 0 Å². The third-order valence-corrected chi connectivity index (χ3v) is 14.1. The monoisotopic (exact) mass is 920 g/mol. The first-order valence-electron chi connectivity index (χ1n) is 23.8. The maximum absolute atomic E-state index is 4.64. The largest absolute Gasteiger partial charge is 0.309 e. The number of benzene rings is 5. The number of nitrogens with zero attached hydrogens (tertiary/aromatic N) is 10. The molecule has 0 atom stereocenters. The molecule has 10 heterocycles. The van der Waals surface area contributed by atoms with Gasteiger partial charge >= 0.3 is 0 Å². The number of hydrogen-bond donors (Lipinski definition) is 0. The van der Waals surface area contributed by atoms with E-state index in [-0.39, 0.29) is 0 Å². The number of fused-ring (bicyclic) bond motifs is 11. The van der Waals surface area contributed by atoms with Gasteiger partial charge in [-0.15, -0.1) is 0 Å². The van der Waals surface area contributed by atoms with Crippen molar-refractivity contribution in [3.8, 4) is 55.9 Å². The maximum Gasteiger partial charge on any atom is 0.159 e. The molecule has 72 heavy (non-hydrogen) atoms. The molecule has 334 valence electrons. The highest BCUT2D eigenvalue weighted by molar-refractivity contribution is 6.29. The summed E-state index contributed by atoms with van der Waals surface area (Å²) in [6, 6.07) is 60.6. The van der Waals surface area contributed by atoms with Gasteiger partial charge in [0.05, 0.1) is 22.1 Å². The van der Waals surface area contributed by atoms with E-state index in [1.807, 2.05) is 49.1 Å². The average Bonchev–Trinajstić information content (AvgIpc) is 3.97. The van der Waals surface area contributed by atoms with Gasteiger partial charge in [0, 0.05) is 104 Å². The van der Waals surface area contributed by atoms with Crippen LogP contribution in [0.4, 0.5) is 0 Å². The lowest BCUT2D eigenvalue weighted by atomic mass is 9.95. The van der Waals surface area contributed by atoms with Crippen LogP contribution in [0, 0.1) is 0 Å². The Kier molecular flexibility index (Phi) is 8.72. The van der Waals surface area contributed by atoms with Crippen molar-refractivity contribution in [2.75, 3.05) is 0 Å². The summed E-state index contributed by atoms with van der Waals surface area (Å²) in [6.07, 6.45) is 14.6. The summed E-state index contributed by atoms with van der Waals surface area (Å²) < 4.78 is 4.85. The quantitative estimate of drug-likeness (QED) is 0.162. The van der Waals surface area contributed by atoms with Gasteiger partial charge in [-0.2, -0.15) is 0 Å². The second kappa shape index (κ2) is 15.7. The van der Waals surface area contributed by atoms with E-state index in [0.717, 1.165) is 110 Å². The first-order valence-corrected chi connectivity index (χ1v) is 23.8. The number of hydrogen-bond acceptors (Lipinski definition) is 8. The predicted molar refractivity (Wildman–Crippen MR) is 289 cm³/mol. The summed E-state index contributed by atoms with van der Waals surface area (Å²) in [5, 5.41) is 8.60. The van der Waals surface area contributed by atoms with E-state index >= 15 is 0 Å². The molecular formula is C62H36N10. The number of rotatable bonds is 6. The molecule has 0 saturated heterocycles. The van der Waals surface area contributed by atoms with Crippen molar-refractivity contribution in [1.29, 1.82) is 0 Å². The third kappa shape index (κ3) is 6.09. The average molecular weight is 921 g/mol. The van der Waals surface area contributed by atoms with Crippen molar-refractivity contribution in [1.82, 2.24) is 49.0 Å². The van der Waals surface area contributed by atoms with Gasteiger partial charge in [-0.3, -0.25) is 0 Å². The lowest BCUT2D eigenvalue weighted by Gasteiger charge is -2.16. The van der Waals surface area contributed by atoms with Crippen LogP contribution in [0.2, 0.25) is 0 Å². The van der Waals surface area contributed by atoms with Gasteiger partial charge in [0.1, 0.15) is 0 Å². The molecule has 0 bridgehead atoms. The van der Waals surface area contributed by atoms with Gasteiger partial charge < -0.3 is 9.13 Å². The molecule has 0 aliphatic heterocycles. The van der Waals surface area contributed by atoms with Gasteiger partial charge in [0.2, 0.25) is 0 Å². The Morgan fingerprint density at radius 2 is 0.528 bits per heavy atom. The Balaban J connectivity index is 1.02. The van der Waals surface area contributed by atoms with Gasteiger partial charge in [0.25, 0.3) is 0 Å². The summed E-state index contributed by atoms with van der Waals surface area (Å²) in [5.41, 5.74) is 17.6. The first-order chi connectivity index (χ1) is 35.7. The number of pyridine rings is 8. The zero-order valence-electron chi connectivity index (χ0n) is 38.3. The van der Waals surface area contributed by atoms with Gasteiger partial charge in [0.15, 0.2) is 22.6 Å². The Labute approximate surface area is 410 Å². The van der Waals surface area contributed by atoms with Crippen LogP contribution in [-0.4, -0.2) is 49.0 Å². The van der Waals surface area contributed by atoms with Crippen LogP contribution in [0.15, 0.2) is 219 Å². The first kappa shape index (κ1) is 39.9. The minimum atomic E-state index is 0.700. The molecule has 10 heteroatoms. The highest BCUT2D eigenvalue weighted by Gasteiger charge is 2.23. The van der Waals surface area contributed by atoms with E-state index in [1.165, 1.54) is 10.8 Å².